The summed E-state index contributed by atoms with van der Waals surface area (Å²) in [6.45, 7) is 1.88. The molecule has 3 aliphatic carbocycles. The van der Waals surface area contributed by atoms with Crippen molar-refractivity contribution in [2.24, 2.45) is 23.2 Å². The first-order valence-electron chi connectivity index (χ1n) is 7.26. The van der Waals surface area contributed by atoms with Crippen LogP contribution in [0, 0.1) is 23.2 Å². The average Bonchev–Trinajstić information content (AvgIpc) is 2.64. The zero-order valence-electron chi connectivity index (χ0n) is 10.5. The van der Waals surface area contributed by atoms with Crippen LogP contribution in [0.5, 0.6) is 0 Å². The lowest BCUT2D eigenvalue weighted by Gasteiger charge is -2.43. The largest absolute Gasteiger partial charge is 0.299 e. The standard InChI is InChI=1S/C15H24O/c1-11(16)15-9-5-4-7-13(15)10-12-6-2-3-8-14(12)15/h12-14H,2-10H2,1H3. The fourth-order valence-electron chi connectivity index (χ4n) is 5.34. The second-order valence-corrected chi connectivity index (χ2v) is 6.43. The number of rotatable bonds is 1. The van der Waals surface area contributed by atoms with Gasteiger partial charge >= 0.3 is 0 Å². The van der Waals surface area contributed by atoms with E-state index >= 15 is 0 Å². The van der Waals surface area contributed by atoms with E-state index in [9.17, 15) is 4.79 Å². The highest BCUT2D eigenvalue weighted by Crippen LogP contribution is 2.62. The van der Waals surface area contributed by atoms with Crippen LogP contribution in [0.1, 0.15) is 64.7 Å². The molecule has 4 unspecified atom stereocenters. The first kappa shape index (κ1) is 10.8. The van der Waals surface area contributed by atoms with Crippen molar-refractivity contribution in [2.45, 2.75) is 64.7 Å². The molecule has 16 heavy (non-hydrogen) atoms. The number of Topliss-reactive ketones (excluding diaryl/α,β-unsaturated/α-hetero) is 1. The van der Waals surface area contributed by atoms with Crippen LogP contribution in [0.25, 0.3) is 0 Å². The number of carbonyl (C=O) groups is 1. The Kier molecular flexibility index (Phi) is 2.60. The van der Waals surface area contributed by atoms with E-state index in [4.69, 9.17) is 0 Å². The first-order valence-corrected chi connectivity index (χ1v) is 7.26. The molecule has 3 fully saturated rings. The smallest absolute Gasteiger partial charge is 0.136 e. The number of hydrogen-bond donors (Lipinski definition) is 0. The summed E-state index contributed by atoms with van der Waals surface area (Å²) in [5, 5.41) is 0. The lowest BCUT2D eigenvalue weighted by atomic mass is 9.59. The SMILES string of the molecule is CC(=O)C12CCCCC1CC1CCCCC12. The molecule has 3 rings (SSSR count). The molecule has 0 spiro atoms. The maximum atomic E-state index is 12.3. The molecule has 90 valence electrons. The molecule has 4 atom stereocenters. The van der Waals surface area contributed by atoms with Gasteiger partial charge in [0.05, 0.1) is 0 Å². The Bertz CT molecular complexity index is 296. The average molecular weight is 220 g/mol. The van der Waals surface area contributed by atoms with Gasteiger partial charge in [0.25, 0.3) is 0 Å². The van der Waals surface area contributed by atoms with Crippen molar-refractivity contribution in [3.05, 3.63) is 0 Å². The van der Waals surface area contributed by atoms with E-state index in [1.54, 1.807) is 0 Å². The maximum absolute atomic E-state index is 12.3. The van der Waals surface area contributed by atoms with Crippen LogP contribution in [0.3, 0.4) is 0 Å². The van der Waals surface area contributed by atoms with Gasteiger partial charge < -0.3 is 0 Å². The summed E-state index contributed by atoms with van der Waals surface area (Å²) in [5.74, 6) is 2.96. The lowest BCUT2D eigenvalue weighted by Crippen LogP contribution is -2.42. The number of fused-ring (bicyclic) bond motifs is 3. The third-order valence-electron chi connectivity index (χ3n) is 5.94. The Morgan fingerprint density at radius 3 is 2.62 bits per heavy atom. The summed E-state index contributed by atoms with van der Waals surface area (Å²) < 4.78 is 0. The molecular formula is C15H24O. The van der Waals surface area contributed by atoms with Gasteiger partial charge in [-0.05, 0) is 50.4 Å². The zero-order valence-corrected chi connectivity index (χ0v) is 10.5. The van der Waals surface area contributed by atoms with E-state index in [0.29, 0.717) is 5.78 Å². The molecule has 0 bridgehead atoms. The summed E-state index contributed by atoms with van der Waals surface area (Å²) in [7, 11) is 0. The monoisotopic (exact) mass is 220 g/mol. The zero-order chi connectivity index (χ0) is 11.2. The lowest BCUT2D eigenvalue weighted by molar-refractivity contribution is -0.134. The van der Waals surface area contributed by atoms with Crippen molar-refractivity contribution in [1.82, 2.24) is 0 Å². The highest BCUT2D eigenvalue weighted by atomic mass is 16.1. The quantitative estimate of drug-likeness (QED) is 0.653. The molecular weight excluding hydrogens is 196 g/mol. The highest BCUT2D eigenvalue weighted by Gasteiger charge is 2.57. The highest BCUT2D eigenvalue weighted by molar-refractivity contribution is 5.83. The van der Waals surface area contributed by atoms with E-state index in [-0.39, 0.29) is 5.41 Å². The van der Waals surface area contributed by atoms with Gasteiger partial charge in [-0.15, -0.1) is 0 Å². The molecule has 0 aromatic heterocycles. The molecule has 0 heterocycles. The van der Waals surface area contributed by atoms with Crippen molar-refractivity contribution < 1.29 is 4.79 Å². The molecule has 1 nitrogen and oxygen atoms in total. The molecule has 3 saturated carbocycles. The molecule has 0 aromatic carbocycles. The second-order valence-electron chi connectivity index (χ2n) is 6.43. The van der Waals surface area contributed by atoms with Crippen LogP contribution in [0.4, 0.5) is 0 Å². The summed E-state index contributed by atoms with van der Waals surface area (Å²) in [6, 6.07) is 0. The van der Waals surface area contributed by atoms with Crippen LogP contribution >= 0.6 is 0 Å². The predicted octanol–water partition coefficient (Wildman–Crippen LogP) is 3.96. The normalized spacial score (nSPS) is 47.2. The third kappa shape index (κ3) is 1.33. The maximum Gasteiger partial charge on any atom is 0.136 e. The molecule has 0 saturated heterocycles. The van der Waals surface area contributed by atoms with Crippen molar-refractivity contribution in [2.75, 3.05) is 0 Å². The second kappa shape index (κ2) is 3.85. The first-order chi connectivity index (χ1) is 7.75. The fraction of sp³-hybridized carbons (Fsp3) is 0.933. The van der Waals surface area contributed by atoms with E-state index in [0.717, 1.165) is 17.8 Å². The van der Waals surface area contributed by atoms with Gasteiger partial charge in [0.15, 0.2) is 0 Å². The van der Waals surface area contributed by atoms with Gasteiger partial charge in [-0.2, -0.15) is 0 Å². The van der Waals surface area contributed by atoms with Crippen LogP contribution in [0.2, 0.25) is 0 Å². The van der Waals surface area contributed by atoms with Crippen LogP contribution in [0.15, 0.2) is 0 Å². The Labute approximate surface area is 99.0 Å². The molecule has 1 heteroatoms. The minimum absolute atomic E-state index is 0.142. The summed E-state index contributed by atoms with van der Waals surface area (Å²) >= 11 is 0. The van der Waals surface area contributed by atoms with Crippen molar-refractivity contribution >= 4 is 5.78 Å². The third-order valence-corrected chi connectivity index (χ3v) is 5.94. The molecule has 0 N–H and O–H groups in total. The Morgan fingerprint density at radius 1 is 1.06 bits per heavy atom. The van der Waals surface area contributed by atoms with Crippen LogP contribution < -0.4 is 0 Å². The predicted molar refractivity (Wildman–Crippen MR) is 65.1 cm³/mol. The Hall–Kier alpha value is -0.330. The van der Waals surface area contributed by atoms with Crippen molar-refractivity contribution in [3.63, 3.8) is 0 Å². The van der Waals surface area contributed by atoms with Gasteiger partial charge in [-0.1, -0.05) is 32.1 Å². The molecule has 0 radical (unpaired) electrons. The van der Waals surface area contributed by atoms with E-state index in [1.807, 2.05) is 6.92 Å². The van der Waals surface area contributed by atoms with Crippen LogP contribution in [-0.2, 0) is 4.79 Å². The summed E-state index contributed by atoms with van der Waals surface area (Å²) in [5.41, 5.74) is 0.142. The Morgan fingerprint density at radius 2 is 1.81 bits per heavy atom. The number of hydrogen-bond acceptors (Lipinski definition) is 1. The topological polar surface area (TPSA) is 17.1 Å². The summed E-state index contributed by atoms with van der Waals surface area (Å²) in [4.78, 5) is 12.3. The van der Waals surface area contributed by atoms with Crippen LogP contribution in [-0.4, -0.2) is 5.78 Å². The molecule has 3 aliphatic rings. The fourth-order valence-corrected chi connectivity index (χ4v) is 5.34. The molecule has 0 amide bonds. The van der Waals surface area contributed by atoms with Gasteiger partial charge in [0, 0.05) is 5.41 Å². The van der Waals surface area contributed by atoms with E-state index in [2.05, 4.69) is 0 Å². The number of ketones is 1. The summed E-state index contributed by atoms with van der Waals surface area (Å²) in [6.07, 6.45) is 12.2. The van der Waals surface area contributed by atoms with Gasteiger partial charge in [-0.3, -0.25) is 4.79 Å². The van der Waals surface area contributed by atoms with Gasteiger partial charge in [0.1, 0.15) is 5.78 Å². The van der Waals surface area contributed by atoms with Gasteiger partial charge in [0.2, 0.25) is 0 Å². The molecule has 0 aromatic rings. The minimum atomic E-state index is 0.142. The minimum Gasteiger partial charge on any atom is -0.299 e. The van der Waals surface area contributed by atoms with E-state index < -0.39 is 0 Å². The van der Waals surface area contributed by atoms with Crippen molar-refractivity contribution in [1.29, 1.82) is 0 Å². The molecule has 0 aliphatic heterocycles. The number of carbonyl (C=O) groups excluding carboxylic acids is 1. The van der Waals surface area contributed by atoms with Gasteiger partial charge in [-0.25, -0.2) is 0 Å². The van der Waals surface area contributed by atoms with E-state index in [1.165, 1.54) is 57.8 Å². The van der Waals surface area contributed by atoms with Crippen molar-refractivity contribution in [3.8, 4) is 0 Å². The Balaban J connectivity index is 1.96.